The van der Waals surface area contributed by atoms with Crippen LogP contribution in [0, 0.1) is 5.92 Å². The van der Waals surface area contributed by atoms with Crippen molar-refractivity contribution in [1.29, 1.82) is 0 Å². The Balaban J connectivity index is 3.02. The first-order valence-electron chi connectivity index (χ1n) is 5.84. The summed E-state index contributed by atoms with van der Waals surface area (Å²) in [6.45, 7) is 8.31. The van der Waals surface area contributed by atoms with Crippen LogP contribution in [0.3, 0.4) is 0 Å². The fourth-order valence-corrected chi connectivity index (χ4v) is 1.66. The van der Waals surface area contributed by atoms with Crippen molar-refractivity contribution in [3.8, 4) is 0 Å². The van der Waals surface area contributed by atoms with E-state index in [2.05, 4.69) is 13.8 Å². The molecule has 0 atom stereocenters. The molecule has 0 unspecified atom stereocenters. The summed E-state index contributed by atoms with van der Waals surface area (Å²) in [5.74, 6) is 0.941. The van der Waals surface area contributed by atoms with Gasteiger partial charge in [-0.2, -0.15) is 0 Å². The summed E-state index contributed by atoms with van der Waals surface area (Å²) < 4.78 is 0. The number of nitrogens with two attached hydrogens (primary N) is 1. The third-order valence-electron chi connectivity index (χ3n) is 2.64. The van der Waals surface area contributed by atoms with Gasteiger partial charge in [0.1, 0.15) is 0 Å². The molecule has 1 rings (SSSR count). The summed E-state index contributed by atoms with van der Waals surface area (Å²) in [6, 6.07) is 5.76. The van der Waals surface area contributed by atoms with E-state index in [0.717, 1.165) is 0 Å². The minimum absolute atomic E-state index is 0.148. The van der Waals surface area contributed by atoms with Crippen LogP contribution < -0.4 is 5.73 Å². The lowest BCUT2D eigenvalue weighted by molar-refractivity contribution is 0.0968. The number of rotatable bonds is 4. The molecule has 0 radical (unpaired) electrons. The first kappa shape index (κ1) is 12.8. The highest BCUT2D eigenvalue weighted by Crippen LogP contribution is 2.22. The van der Waals surface area contributed by atoms with Gasteiger partial charge >= 0.3 is 0 Å². The molecule has 0 bridgehead atoms. The summed E-state index contributed by atoms with van der Waals surface area (Å²) >= 11 is 0. The highest BCUT2D eigenvalue weighted by atomic mass is 16.1. The van der Waals surface area contributed by atoms with Crippen molar-refractivity contribution in [3.05, 3.63) is 29.3 Å². The largest absolute Gasteiger partial charge is 0.398 e. The average Bonchev–Trinajstić information content (AvgIpc) is 2.16. The Morgan fingerprint density at radius 2 is 1.88 bits per heavy atom. The highest BCUT2D eigenvalue weighted by Gasteiger charge is 2.13. The van der Waals surface area contributed by atoms with Gasteiger partial charge in [-0.3, -0.25) is 4.79 Å². The molecule has 0 aliphatic carbocycles. The average molecular weight is 219 g/mol. The highest BCUT2D eigenvalue weighted by molar-refractivity contribution is 6.01. The Hall–Kier alpha value is -1.31. The molecular weight excluding hydrogens is 198 g/mol. The third kappa shape index (κ3) is 3.09. The standard InChI is InChI=1S/C14H21NO/c1-9(2)7-14(16)12-8-11(10(3)4)5-6-13(12)15/h5-6,8-10H,7,15H2,1-4H3. The Bertz CT molecular complexity index is 380. The number of ketones is 1. The van der Waals surface area contributed by atoms with Gasteiger partial charge in [0.05, 0.1) is 0 Å². The second-order valence-electron chi connectivity index (χ2n) is 5.02. The number of carbonyl (C=O) groups is 1. The molecule has 0 fully saturated rings. The van der Waals surface area contributed by atoms with E-state index in [1.54, 1.807) is 0 Å². The number of Topliss-reactive ketones (excluding diaryl/α,β-unsaturated/α-hetero) is 1. The normalized spacial score (nSPS) is 11.1. The van der Waals surface area contributed by atoms with Gasteiger partial charge in [-0.05, 0) is 29.5 Å². The van der Waals surface area contributed by atoms with Crippen molar-refractivity contribution in [2.45, 2.75) is 40.0 Å². The Kier molecular flexibility index (Phi) is 4.11. The SMILES string of the molecule is CC(C)CC(=O)c1cc(C(C)C)ccc1N. The zero-order chi connectivity index (χ0) is 12.3. The lowest BCUT2D eigenvalue weighted by Crippen LogP contribution is -2.07. The maximum absolute atomic E-state index is 12.0. The number of anilines is 1. The third-order valence-corrected chi connectivity index (χ3v) is 2.64. The first-order valence-corrected chi connectivity index (χ1v) is 5.84. The Labute approximate surface area is 97.9 Å². The van der Waals surface area contributed by atoms with Crippen molar-refractivity contribution in [2.75, 3.05) is 5.73 Å². The van der Waals surface area contributed by atoms with Crippen LogP contribution in [0.15, 0.2) is 18.2 Å². The summed E-state index contributed by atoms with van der Waals surface area (Å²) in [5, 5.41) is 0. The van der Waals surface area contributed by atoms with Crippen LogP contribution in [0.25, 0.3) is 0 Å². The van der Waals surface area contributed by atoms with Crippen molar-refractivity contribution in [1.82, 2.24) is 0 Å². The van der Waals surface area contributed by atoms with Crippen molar-refractivity contribution < 1.29 is 4.79 Å². The lowest BCUT2D eigenvalue weighted by atomic mass is 9.95. The molecule has 88 valence electrons. The molecule has 0 aliphatic heterocycles. The summed E-state index contributed by atoms with van der Waals surface area (Å²) in [6.07, 6.45) is 0.561. The van der Waals surface area contributed by atoms with Gasteiger partial charge in [-0.15, -0.1) is 0 Å². The number of nitrogen functional groups attached to an aromatic ring is 1. The van der Waals surface area contributed by atoms with Crippen LogP contribution >= 0.6 is 0 Å². The molecule has 0 amide bonds. The first-order chi connectivity index (χ1) is 7.41. The molecule has 0 heterocycles. The molecule has 2 heteroatoms. The van der Waals surface area contributed by atoms with Crippen LogP contribution in [0.2, 0.25) is 0 Å². The molecule has 0 saturated heterocycles. The van der Waals surface area contributed by atoms with E-state index in [-0.39, 0.29) is 5.78 Å². The molecule has 2 nitrogen and oxygen atoms in total. The summed E-state index contributed by atoms with van der Waals surface area (Å²) in [4.78, 5) is 12.0. The fraction of sp³-hybridized carbons (Fsp3) is 0.500. The van der Waals surface area contributed by atoms with Gasteiger partial charge in [-0.25, -0.2) is 0 Å². The monoisotopic (exact) mass is 219 g/mol. The van der Waals surface area contributed by atoms with Crippen LogP contribution in [0.5, 0.6) is 0 Å². The minimum atomic E-state index is 0.148. The van der Waals surface area contributed by atoms with Crippen LogP contribution in [0.4, 0.5) is 5.69 Å². The van der Waals surface area contributed by atoms with E-state index in [0.29, 0.717) is 29.5 Å². The maximum Gasteiger partial charge on any atom is 0.165 e. The molecule has 2 N–H and O–H groups in total. The molecule has 16 heavy (non-hydrogen) atoms. The maximum atomic E-state index is 12.0. The fourth-order valence-electron chi connectivity index (χ4n) is 1.66. The zero-order valence-electron chi connectivity index (χ0n) is 10.6. The molecule has 1 aromatic carbocycles. The van der Waals surface area contributed by atoms with Crippen LogP contribution in [0.1, 0.15) is 56.0 Å². The number of hydrogen-bond donors (Lipinski definition) is 1. The molecule has 1 aromatic rings. The number of benzene rings is 1. The van der Waals surface area contributed by atoms with Crippen molar-refractivity contribution >= 4 is 11.5 Å². The van der Waals surface area contributed by atoms with Gasteiger partial charge in [0.2, 0.25) is 0 Å². The van der Waals surface area contributed by atoms with Gasteiger partial charge in [0, 0.05) is 17.7 Å². The summed E-state index contributed by atoms with van der Waals surface area (Å²) in [5.41, 5.74) is 8.29. The second kappa shape index (κ2) is 5.15. The topological polar surface area (TPSA) is 43.1 Å². The molecule has 0 aliphatic rings. The second-order valence-corrected chi connectivity index (χ2v) is 5.02. The van der Waals surface area contributed by atoms with Crippen LogP contribution in [-0.4, -0.2) is 5.78 Å². The quantitative estimate of drug-likeness (QED) is 0.621. The Morgan fingerprint density at radius 1 is 1.25 bits per heavy atom. The smallest absolute Gasteiger partial charge is 0.165 e. The predicted octanol–water partition coefficient (Wildman–Crippen LogP) is 3.62. The molecular formula is C14H21NO. The number of carbonyl (C=O) groups excluding carboxylic acids is 1. The zero-order valence-corrected chi connectivity index (χ0v) is 10.6. The van der Waals surface area contributed by atoms with E-state index >= 15 is 0 Å². The van der Waals surface area contributed by atoms with E-state index in [1.807, 2.05) is 32.0 Å². The van der Waals surface area contributed by atoms with E-state index in [4.69, 9.17) is 5.73 Å². The van der Waals surface area contributed by atoms with Gasteiger partial charge in [-0.1, -0.05) is 33.8 Å². The van der Waals surface area contributed by atoms with Crippen LogP contribution in [-0.2, 0) is 0 Å². The van der Waals surface area contributed by atoms with Gasteiger partial charge in [0.25, 0.3) is 0 Å². The van der Waals surface area contributed by atoms with E-state index in [9.17, 15) is 4.79 Å². The Morgan fingerprint density at radius 3 is 2.38 bits per heavy atom. The minimum Gasteiger partial charge on any atom is -0.398 e. The van der Waals surface area contributed by atoms with Crippen molar-refractivity contribution in [2.24, 2.45) is 5.92 Å². The molecule has 0 spiro atoms. The van der Waals surface area contributed by atoms with Gasteiger partial charge in [0.15, 0.2) is 5.78 Å². The van der Waals surface area contributed by atoms with Crippen molar-refractivity contribution in [3.63, 3.8) is 0 Å². The molecule has 0 saturated carbocycles. The summed E-state index contributed by atoms with van der Waals surface area (Å²) in [7, 11) is 0. The molecule has 0 aromatic heterocycles. The van der Waals surface area contributed by atoms with Gasteiger partial charge < -0.3 is 5.73 Å². The number of hydrogen-bond acceptors (Lipinski definition) is 2. The lowest BCUT2D eigenvalue weighted by Gasteiger charge is -2.11. The predicted molar refractivity (Wildman–Crippen MR) is 68.7 cm³/mol. The van der Waals surface area contributed by atoms with E-state index in [1.165, 1.54) is 5.56 Å². The van der Waals surface area contributed by atoms with E-state index < -0.39 is 0 Å².